The fraction of sp³-hybridized carbons (Fsp3) is 0.520. The van der Waals surface area contributed by atoms with Crippen LogP contribution >= 0.6 is 0 Å². The van der Waals surface area contributed by atoms with Crippen molar-refractivity contribution in [3.05, 3.63) is 47.2 Å². The monoisotopic (exact) mass is 498 g/mol. The molecule has 1 saturated heterocycles. The topological polar surface area (TPSA) is 120 Å². The second-order valence-electron chi connectivity index (χ2n) is 8.98. The third kappa shape index (κ3) is 5.68. The number of fused-ring (bicyclic) bond motifs is 1. The summed E-state index contributed by atoms with van der Waals surface area (Å²) in [6, 6.07) is 8.53. The van der Waals surface area contributed by atoms with Crippen LogP contribution in [0.5, 0.6) is 0 Å². The Bertz CT molecular complexity index is 1060. The van der Waals surface area contributed by atoms with Gasteiger partial charge in [-0.1, -0.05) is 24.3 Å². The number of methoxy groups -OCH3 is 1. The average molecular weight is 499 g/mol. The van der Waals surface area contributed by atoms with E-state index in [1.807, 2.05) is 13.8 Å². The molecular formula is C25H34N6O5. The number of rotatable bonds is 9. The van der Waals surface area contributed by atoms with Crippen molar-refractivity contribution >= 4 is 24.0 Å². The maximum Gasteiger partial charge on any atom is 0.415 e. The van der Waals surface area contributed by atoms with E-state index in [4.69, 9.17) is 9.47 Å². The molecule has 1 fully saturated rings. The van der Waals surface area contributed by atoms with Crippen molar-refractivity contribution in [3.63, 3.8) is 0 Å². The summed E-state index contributed by atoms with van der Waals surface area (Å²) in [6.07, 6.45) is 1.26. The zero-order valence-corrected chi connectivity index (χ0v) is 21.0. The number of amides is 2. The number of hydrogen-bond acceptors (Lipinski definition) is 8. The summed E-state index contributed by atoms with van der Waals surface area (Å²) in [7, 11) is 1.70. The van der Waals surface area contributed by atoms with Gasteiger partial charge in [0.1, 0.15) is 12.4 Å². The summed E-state index contributed by atoms with van der Waals surface area (Å²) in [6.45, 7) is 7.58. The molecule has 3 heterocycles. The SMILES string of the molecule is CCN1C(=O)OCc2cnc(NC(C)c3ccc(C(CCOC)N4CCN(C(=O)O)CC4)cc3)nc21. The molecule has 1 aromatic carbocycles. The quantitative estimate of drug-likeness (QED) is 0.535. The predicted molar refractivity (Wildman–Crippen MR) is 134 cm³/mol. The van der Waals surface area contributed by atoms with Crippen molar-refractivity contribution in [2.24, 2.45) is 0 Å². The molecule has 2 aromatic rings. The maximum absolute atomic E-state index is 12.0. The second kappa shape index (κ2) is 11.5. The lowest BCUT2D eigenvalue weighted by atomic mass is 9.98. The summed E-state index contributed by atoms with van der Waals surface area (Å²) in [5.41, 5.74) is 3.03. The predicted octanol–water partition coefficient (Wildman–Crippen LogP) is 3.50. The third-order valence-corrected chi connectivity index (χ3v) is 6.77. The molecule has 0 spiro atoms. The van der Waals surface area contributed by atoms with Crippen LogP contribution in [0.2, 0.25) is 0 Å². The van der Waals surface area contributed by atoms with Crippen molar-refractivity contribution in [2.75, 3.05) is 56.7 Å². The molecule has 36 heavy (non-hydrogen) atoms. The largest absolute Gasteiger partial charge is 0.465 e. The molecule has 0 saturated carbocycles. The minimum atomic E-state index is -0.862. The number of hydrogen-bond donors (Lipinski definition) is 2. The molecule has 0 bridgehead atoms. The van der Waals surface area contributed by atoms with Gasteiger partial charge < -0.3 is 24.8 Å². The van der Waals surface area contributed by atoms with Gasteiger partial charge in [0.05, 0.1) is 11.6 Å². The number of ether oxygens (including phenoxy) is 2. The summed E-state index contributed by atoms with van der Waals surface area (Å²) >= 11 is 0. The summed E-state index contributed by atoms with van der Waals surface area (Å²) in [5.74, 6) is 1.03. The molecule has 1 aromatic heterocycles. The molecule has 2 aliphatic heterocycles. The normalized spacial score (nSPS) is 17.8. The minimum Gasteiger partial charge on any atom is -0.465 e. The number of nitrogens with zero attached hydrogens (tertiary/aromatic N) is 5. The molecule has 11 heteroatoms. The Kier molecular flexibility index (Phi) is 8.21. The van der Waals surface area contributed by atoms with Gasteiger partial charge in [-0.05, 0) is 31.4 Å². The van der Waals surface area contributed by atoms with Gasteiger partial charge in [-0.25, -0.2) is 14.6 Å². The number of anilines is 2. The van der Waals surface area contributed by atoms with Crippen LogP contribution in [0.25, 0.3) is 0 Å². The Labute approximate surface area is 211 Å². The fourth-order valence-corrected chi connectivity index (χ4v) is 4.68. The highest BCUT2D eigenvalue weighted by Gasteiger charge is 2.28. The van der Waals surface area contributed by atoms with Crippen molar-refractivity contribution < 1.29 is 24.2 Å². The van der Waals surface area contributed by atoms with Crippen molar-refractivity contribution in [1.82, 2.24) is 19.8 Å². The highest BCUT2D eigenvalue weighted by Crippen LogP contribution is 2.29. The zero-order chi connectivity index (χ0) is 25.7. The van der Waals surface area contributed by atoms with Crippen LogP contribution in [0.1, 0.15) is 49.0 Å². The maximum atomic E-state index is 12.0. The van der Waals surface area contributed by atoms with Gasteiger partial charge in [0.15, 0.2) is 0 Å². The van der Waals surface area contributed by atoms with E-state index in [0.717, 1.165) is 17.5 Å². The van der Waals surface area contributed by atoms with Crippen LogP contribution in [0, 0.1) is 0 Å². The Morgan fingerprint density at radius 2 is 1.89 bits per heavy atom. The number of cyclic esters (lactones) is 1. The highest BCUT2D eigenvalue weighted by atomic mass is 16.6. The van der Waals surface area contributed by atoms with Crippen LogP contribution < -0.4 is 10.2 Å². The van der Waals surface area contributed by atoms with E-state index in [9.17, 15) is 14.7 Å². The lowest BCUT2D eigenvalue weighted by molar-refractivity contribution is 0.0709. The molecular weight excluding hydrogens is 464 g/mol. The van der Waals surface area contributed by atoms with Crippen LogP contribution in [0.3, 0.4) is 0 Å². The van der Waals surface area contributed by atoms with Gasteiger partial charge >= 0.3 is 12.2 Å². The van der Waals surface area contributed by atoms with Gasteiger partial charge in [-0.15, -0.1) is 0 Å². The number of piperazine rings is 1. The Morgan fingerprint density at radius 3 is 2.53 bits per heavy atom. The molecule has 11 nitrogen and oxygen atoms in total. The van der Waals surface area contributed by atoms with E-state index in [1.54, 1.807) is 13.3 Å². The molecule has 0 radical (unpaired) electrons. The highest BCUT2D eigenvalue weighted by molar-refractivity contribution is 5.89. The van der Waals surface area contributed by atoms with E-state index < -0.39 is 12.2 Å². The van der Waals surface area contributed by atoms with Gasteiger partial charge in [0.25, 0.3) is 0 Å². The van der Waals surface area contributed by atoms with Gasteiger partial charge in [-0.2, -0.15) is 4.98 Å². The Morgan fingerprint density at radius 1 is 1.19 bits per heavy atom. The Balaban J connectivity index is 1.44. The number of nitrogens with one attached hydrogen (secondary N) is 1. The first-order valence-corrected chi connectivity index (χ1v) is 12.3. The van der Waals surface area contributed by atoms with E-state index in [-0.39, 0.29) is 18.7 Å². The van der Waals surface area contributed by atoms with Crippen LogP contribution in [0.15, 0.2) is 30.5 Å². The summed E-state index contributed by atoms with van der Waals surface area (Å²) in [5, 5.41) is 12.6. The third-order valence-electron chi connectivity index (χ3n) is 6.77. The molecule has 4 rings (SSSR count). The van der Waals surface area contributed by atoms with Crippen molar-refractivity contribution in [3.8, 4) is 0 Å². The van der Waals surface area contributed by atoms with Crippen LogP contribution in [-0.4, -0.2) is 83.5 Å². The molecule has 2 unspecified atom stereocenters. The number of aromatic nitrogens is 2. The molecule has 194 valence electrons. The van der Waals surface area contributed by atoms with Gasteiger partial charge in [0.2, 0.25) is 5.95 Å². The Hall–Kier alpha value is -3.44. The molecule has 2 aliphatic rings. The first-order valence-electron chi connectivity index (χ1n) is 12.3. The minimum absolute atomic E-state index is 0.0562. The van der Waals surface area contributed by atoms with Gasteiger partial charge in [0, 0.05) is 58.7 Å². The van der Waals surface area contributed by atoms with Gasteiger partial charge in [-0.3, -0.25) is 9.80 Å². The zero-order valence-electron chi connectivity index (χ0n) is 21.0. The number of carbonyl (C=O) groups is 2. The van der Waals surface area contributed by atoms with Crippen LogP contribution in [0.4, 0.5) is 21.4 Å². The summed E-state index contributed by atoms with van der Waals surface area (Å²) < 4.78 is 10.5. The molecule has 0 aliphatic carbocycles. The lowest BCUT2D eigenvalue weighted by Crippen LogP contribution is -2.49. The number of carbonyl (C=O) groups excluding carboxylic acids is 1. The fourth-order valence-electron chi connectivity index (χ4n) is 4.68. The average Bonchev–Trinajstić information content (AvgIpc) is 2.89. The number of carboxylic acid groups (broad SMARTS) is 1. The standard InChI is InChI=1S/C25H34N6O5/c1-4-31-22-20(16-36-25(31)34)15-26-23(28-22)27-17(2)18-5-7-19(8-6-18)21(9-14-35-3)29-10-12-30(13-11-29)24(32)33/h5-8,15,17,21H,4,9-14,16H2,1-3H3,(H,32,33)(H,26,27,28). The molecule has 2 amide bonds. The first kappa shape index (κ1) is 25.6. The number of benzene rings is 1. The van der Waals surface area contributed by atoms with Crippen molar-refractivity contribution in [2.45, 2.75) is 39.0 Å². The molecule has 2 atom stereocenters. The molecule has 2 N–H and O–H groups in total. The van der Waals surface area contributed by atoms with E-state index in [0.29, 0.717) is 51.1 Å². The first-order chi connectivity index (χ1) is 17.4. The second-order valence-corrected chi connectivity index (χ2v) is 8.98. The van der Waals surface area contributed by atoms with Crippen LogP contribution in [-0.2, 0) is 16.1 Å². The smallest absolute Gasteiger partial charge is 0.415 e. The van der Waals surface area contributed by atoms with E-state index in [1.165, 1.54) is 15.4 Å². The summed E-state index contributed by atoms with van der Waals surface area (Å²) in [4.78, 5) is 37.6. The lowest BCUT2D eigenvalue weighted by Gasteiger charge is -2.38. The van der Waals surface area contributed by atoms with E-state index in [2.05, 4.69) is 44.5 Å². The van der Waals surface area contributed by atoms with Crippen molar-refractivity contribution in [1.29, 1.82) is 0 Å². The van der Waals surface area contributed by atoms with E-state index >= 15 is 0 Å².